The molecule has 3 aliphatic carbocycles. The number of aliphatic hydroxyl groups excluding tert-OH is 2. The first-order chi connectivity index (χ1) is 7.89. The van der Waals surface area contributed by atoms with E-state index in [4.69, 9.17) is 0 Å². The third-order valence-corrected chi connectivity index (χ3v) is 6.13. The molecule has 17 heavy (non-hydrogen) atoms. The minimum atomic E-state index is -0.565. The van der Waals surface area contributed by atoms with E-state index >= 15 is 0 Å². The topological polar surface area (TPSA) is 40.5 Å². The maximum atomic E-state index is 10.3. The molecule has 2 nitrogen and oxygen atoms in total. The number of rotatable bonds is 1. The van der Waals surface area contributed by atoms with Gasteiger partial charge in [0.05, 0.1) is 12.2 Å². The maximum absolute atomic E-state index is 10.3. The lowest BCUT2D eigenvalue weighted by atomic mass is 9.61. The van der Waals surface area contributed by atoms with Crippen molar-refractivity contribution in [1.29, 1.82) is 0 Å². The number of aliphatic hydroxyl groups is 2. The fourth-order valence-corrected chi connectivity index (χ4v) is 5.24. The zero-order chi connectivity index (χ0) is 12.5. The molecule has 0 aromatic carbocycles. The second-order valence-electron chi connectivity index (χ2n) is 7.00. The van der Waals surface area contributed by atoms with E-state index in [0.29, 0.717) is 17.8 Å². The Bertz CT molecular complexity index is 362. The van der Waals surface area contributed by atoms with Gasteiger partial charge in [0.25, 0.3) is 0 Å². The van der Waals surface area contributed by atoms with Gasteiger partial charge < -0.3 is 10.2 Å². The molecule has 0 amide bonds. The highest BCUT2D eigenvalue weighted by molar-refractivity contribution is 5.33. The van der Waals surface area contributed by atoms with Crippen molar-refractivity contribution in [2.45, 2.75) is 45.8 Å². The fourth-order valence-electron chi connectivity index (χ4n) is 5.24. The quantitative estimate of drug-likeness (QED) is 0.685. The van der Waals surface area contributed by atoms with Crippen LogP contribution in [-0.4, -0.2) is 22.4 Å². The maximum Gasteiger partial charge on any atom is 0.0870 e. The van der Waals surface area contributed by atoms with E-state index in [1.54, 1.807) is 0 Å². The van der Waals surface area contributed by atoms with Crippen molar-refractivity contribution in [2.75, 3.05) is 0 Å². The third kappa shape index (κ3) is 1.18. The van der Waals surface area contributed by atoms with E-state index < -0.39 is 12.2 Å². The molecule has 0 aromatic rings. The SMILES string of the molecule is C=C1C2C(O)C(O)C3C2C(C(C)C)CCC13C. The molecule has 0 heterocycles. The Morgan fingerprint density at radius 3 is 2.53 bits per heavy atom. The van der Waals surface area contributed by atoms with Crippen molar-refractivity contribution in [2.24, 2.45) is 35.0 Å². The van der Waals surface area contributed by atoms with E-state index in [9.17, 15) is 10.2 Å². The monoisotopic (exact) mass is 236 g/mol. The molecule has 4 bridgehead atoms. The predicted molar refractivity (Wildman–Crippen MR) is 67.3 cm³/mol. The summed E-state index contributed by atoms with van der Waals surface area (Å²) < 4.78 is 0. The van der Waals surface area contributed by atoms with Gasteiger partial charge in [0.2, 0.25) is 0 Å². The van der Waals surface area contributed by atoms with E-state index in [1.807, 2.05) is 0 Å². The molecule has 0 saturated heterocycles. The number of hydrogen-bond donors (Lipinski definition) is 2. The van der Waals surface area contributed by atoms with Crippen LogP contribution in [0.1, 0.15) is 33.6 Å². The molecule has 7 unspecified atom stereocenters. The van der Waals surface area contributed by atoms with Crippen LogP contribution in [0.5, 0.6) is 0 Å². The molecule has 0 aliphatic heterocycles. The summed E-state index contributed by atoms with van der Waals surface area (Å²) in [5.74, 6) is 2.14. The highest BCUT2D eigenvalue weighted by Crippen LogP contribution is 2.69. The van der Waals surface area contributed by atoms with Crippen LogP contribution in [0.4, 0.5) is 0 Å². The average molecular weight is 236 g/mol. The summed E-state index contributed by atoms with van der Waals surface area (Å²) in [6.45, 7) is 11.0. The van der Waals surface area contributed by atoms with Gasteiger partial charge in [-0.3, -0.25) is 0 Å². The Labute approximate surface area is 104 Å². The van der Waals surface area contributed by atoms with Crippen LogP contribution >= 0.6 is 0 Å². The van der Waals surface area contributed by atoms with Crippen LogP contribution in [0, 0.1) is 35.0 Å². The lowest BCUT2D eigenvalue weighted by Gasteiger charge is -2.45. The zero-order valence-electron chi connectivity index (χ0n) is 11.1. The van der Waals surface area contributed by atoms with Gasteiger partial charge in [-0.2, -0.15) is 0 Å². The van der Waals surface area contributed by atoms with Crippen LogP contribution in [0.25, 0.3) is 0 Å². The van der Waals surface area contributed by atoms with Crippen LogP contribution < -0.4 is 0 Å². The van der Waals surface area contributed by atoms with Crippen molar-refractivity contribution >= 4 is 0 Å². The van der Waals surface area contributed by atoms with Crippen molar-refractivity contribution in [1.82, 2.24) is 0 Å². The number of hydrogen-bond acceptors (Lipinski definition) is 2. The summed E-state index contributed by atoms with van der Waals surface area (Å²) >= 11 is 0. The zero-order valence-corrected chi connectivity index (χ0v) is 11.1. The molecule has 2 N–H and O–H groups in total. The Kier molecular flexibility index (Phi) is 2.32. The molecular formula is C15H24O2. The van der Waals surface area contributed by atoms with Gasteiger partial charge >= 0.3 is 0 Å². The Morgan fingerprint density at radius 2 is 1.94 bits per heavy atom. The summed E-state index contributed by atoms with van der Waals surface area (Å²) in [7, 11) is 0. The standard InChI is InChI=1S/C15H24O2/c1-7(2)9-5-6-15(4)8(3)10-11(9)12(15)14(17)13(10)16/h7,9-14,16-17H,3,5-6H2,1-2,4H3. The second kappa shape index (κ2) is 3.36. The van der Waals surface area contributed by atoms with Crippen LogP contribution in [0.3, 0.4) is 0 Å². The summed E-state index contributed by atoms with van der Waals surface area (Å²) in [4.78, 5) is 0. The van der Waals surface area contributed by atoms with Crippen LogP contribution in [-0.2, 0) is 0 Å². The van der Waals surface area contributed by atoms with E-state index in [0.717, 1.165) is 6.42 Å². The van der Waals surface area contributed by atoms with E-state index in [-0.39, 0.29) is 17.3 Å². The van der Waals surface area contributed by atoms with Crippen LogP contribution in [0.15, 0.2) is 12.2 Å². The molecule has 2 heteroatoms. The van der Waals surface area contributed by atoms with Gasteiger partial charge in [0.15, 0.2) is 0 Å². The average Bonchev–Trinajstić information content (AvgIpc) is 2.58. The fraction of sp³-hybridized carbons (Fsp3) is 0.867. The first-order valence-corrected chi connectivity index (χ1v) is 6.95. The molecule has 3 saturated carbocycles. The third-order valence-electron chi connectivity index (χ3n) is 6.13. The molecule has 3 fully saturated rings. The van der Waals surface area contributed by atoms with Gasteiger partial charge in [-0.15, -0.1) is 0 Å². The molecule has 0 aromatic heterocycles. The molecular weight excluding hydrogens is 212 g/mol. The molecule has 3 aliphatic rings. The molecule has 96 valence electrons. The minimum absolute atomic E-state index is 0.0827. The summed E-state index contributed by atoms with van der Waals surface area (Å²) in [5.41, 5.74) is 1.30. The molecule has 0 radical (unpaired) electrons. The normalized spacial score (nSPS) is 56.9. The van der Waals surface area contributed by atoms with Crippen molar-refractivity contribution in [3.8, 4) is 0 Å². The highest BCUT2D eigenvalue weighted by Gasteiger charge is 2.68. The van der Waals surface area contributed by atoms with Gasteiger partial charge in [-0.1, -0.05) is 32.9 Å². The second-order valence-corrected chi connectivity index (χ2v) is 7.00. The lowest BCUT2D eigenvalue weighted by Crippen LogP contribution is -2.45. The Balaban J connectivity index is 2.06. The predicted octanol–water partition coefficient (Wildman–Crippen LogP) is 2.21. The molecule has 7 atom stereocenters. The van der Waals surface area contributed by atoms with Crippen molar-refractivity contribution in [3.05, 3.63) is 12.2 Å². The first-order valence-electron chi connectivity index (χ1n) is 6.95. The minimum Gasteiger partial charge on any atom is -0.390 e. The van der Waals surface area contributed by atoms with Crippen molar-refractivity contribution in [3.63, 3.8) is 0 Å². The molecule has 0 spiro atoms. The first kappa shape index (κ1) is 11.7. The van der Waals surface area contributed by atoms with Gasteiger partial charge in [-0.05, 0) is 36.0 Å². The molecule has 3 rings (SSSR count). The van der Waals surface area contributed by atoms with E-state index in [1.165, 1.54) is 12.0 Å². The summed E-state index contributed by atoms with van der Waals surface area (Å²) in [6, 6.07) is 0. The van der Waals surface area contributed by atoms with Crippen molar-refractivity contribution < 1.29 is 10.2 Å². The van der Waals surface area contributed by atoms with Gasteiger partial charge in [0, 0.05) is 11.8 Å². The van der Waals surface area contributed by atoms with Crippen LogP contribution in [0.2, 0.25) is 0 Å². The summed E-state index contributed by atoms with van der Waals surface area (Å²) in [5, 5.41) is 20.5. The Hall–Kier alpha value is -0.340. The largest absolute Gasteiger partial charge is 0.390 e. The lowest BCUT2D eigenvalue weighted by molar-refractivity contribution is -0.0499. The highest BCUT2D eigenvalue weighted by atomic mass is 16.3. The van der Waals surface area contributed by atoms with E-state index in [2.05, 4.69) is 27.4 Å². The smallest absolute Gasteiger partial charge is 0.0870 e. The Morgan fingerprint density at radius 1 is 1.29 bits per heavy atom. The van der Waals surface area contributed by atoms with Gasteiger partial charge in [0.1, 0.15) is 0 Å². The van der Waals surface area contributed by atoms with Gasteiger partial charge in [-0.25, -0.2) is 0 Å². The summed E-state index contributed by atoms with van der Waals surface area (Å²) in [6.07, 6.45) is 1.27.